The number of amides is 1. The zero-order chi connectivity index (χ0) is 30.3. The Bertz CT molecular complexity index is 1850. The molecule has 10 heteroatoms. The summed E-state index contributed by atoms with van der Waals surface area (Å²) in [6.07, 6.45) is 3.99. The van der Waals surface area contributed by atoms with Gasteiger partial charge in [0.05, 0.1) is 16.1 Å². The zero-order valence-corrected chi connectivity index (χ0v) is 25.5. The second-order valence-corrected chi connectivity index (χ2v) is 13.5. The molecule has 1 saturated heterocycles. The first kappa shape index (κ1) is 28.2. The van der Waals surface area contributed by atoms with Crippen molar-refractivity contribution in [3.05, 3.63) is 93.0 Å². The van der Waals surface area contributed by atoms with Crippen LogP contribution in [0.25, 0.3) is 11.0 Å². The first-order valence-corrected chi connectivity index (χ1v) is 16.1. The maximum absolute atomic E-state index is 16.3. The number of imidazole rings is 1. The topological polar surface area (TPSA) is 93.2 Å². The van der Waals surface area contributed by atoms with Crippen molar-refractivity contribution >= 4 is 51.6 Å². The van der Waals surface area contributed by atoms with Crippen molar-refractivity contribution in [2.75, 3.05) is 18.4 Å². The number of fused-ring (bicyclic) bond motifs is 7. The standard InChI is InChI=1S/C34H32Cl2FN5O2/c35-20-9-10-22-24(16-20)40-33(44)34(22)30(21-3-1-4-23(36)31(21)37)29-27(42(34)17-18-6-7-18)12-14-41-26-11-8-19(28(43)5-2-13-38)15-25(26)39-32(29)41/h1,3-4,8-11,15-16,18,27,29-30H,2,5-7,12-14,17,38H2,(H,40,44)/t27-,29+,30-,34+/m0/s1. The number of benzene rings is 3. The van der Waals surface area contributed by atoms with E-state index in [-0.39, 0.29) is 28.7 Å². The van der Waals surface area contributed by atoms with Gasteiger partial charge in [-0.15, -0.1) is 0 Å². The fourth-order valence-electron chi connectivity index (χ4n) is 8.18. The summed E-state index contributed by atoms with van der Waals surface area (Å²) in [5.41, 5.74) is 8.59. The van der Waals surface area contributed by atoms with Gasteiger partial charge in [-0.1, -0.05) is 41.4 Å². The van der Waals surface area contributed by atoms with Gasteiger partial charge in [0, 0.05) is 59.2 Å². The SMILES string of the molecule is NCCCC(=O)c1ccc2c(c1)nc1n2CC[C@H]2[C@@H]1[C@H](c1cccc(Cl)c1F)[C@]1(C(=O)Nc3cc(Cl)ccc31)N2CC1CC1. The number of nitrogens with two attached hydrogens (primary N) is 1. The molecule has 0 radical (unpaired) electrons. The molecule has 3 aromatic carbocycles. The van der Waals surface area contributed by atoms with Gasteiger partial charge in [-0.3, -0.25) is 14.5 Å². The van der Waals surface area contributed by atoms with E-state index in [0.29, 0.717) is 53.7 Å². The Balaban J connectivity index is 1.37. The van der Waals surface area contributed by atoms with E-state index < -0.39 is 17.3 Å². The largest absolute Gasteiger partial charge is 0.330 e. The van der Waals surface area contributed by atoms with Gasteiger partial charge in [0.15, 0.2) is 5.78 Å². The average molecular weight is 633 g/mol. The fraction of sp³-hybridized carbons (Fsp3) is 0.382. The van der Waals surface area contributed by atoms with Gasteiger partial charge in [-0.25, -0.2) is 9.37 Å². The van der Waals surface area contributed by atoms with Crippen LogP contribution in [0.2, 0.25) is 10.0 Å². The fourth-order valence-corrected chi connectivity index (χ4v) is 8.53. The third-order valence-corrected chi connectivity index (χ3v) is 10.7. The summed E-state index contributed by atoms with van der Waals surface area (Å²) in [6, 6.07) is 16.2. The lowest BCUT2D eigenvalue weighted by molar-refractivity contribution is -0.128. The number of halogens is 3. The monoisotopic (exact) mass is 631 g/mol. The molecule has 4 heterocycles. The number of Topliss-reactive ketones (excluding diaryl/α,β-unsaturated/α-hetero) is 1. The smallest absolute Gasteiger partial charge is 0.250 e. The van der Waals surface area contributed by atoms with E-state index in [9.17, 15) is 9.59 Å². The van der Waals surface area contributed by atoms with E-state index in [2.05, 4.69) is 14.8 Å². The van der Waals surface area contributed by atoms with Gasteiger partial charge < -0.3 is 15.6 Å². The molecule has 4 aliphatic rings. The van der Waals surface area contributed by atoms with E-state index in [1.165, 1.54) is 0 Å². The van der Waals surface area contributed by atoms with Crippen LogP contribution in [0.15, 0.2) is 54.6 Å². The Morgan fingerprint density at radius 2 is 1.95 bits per heavy atom. The molecule has 4 aromatic rings. The van der Waals surface area contributed by atoms with Crippen LogP contribution < -0.4 is 11.1 Å². The van der Waals surface area contributed by atoms with E-state index in [1.807, 2.05) is 30.3 Å². The molecule has 1 saturated carbocycles. The number of anilines is 1. The molecule has 4 atom stereocenters. The lowest BCUT2D eigenvalue weighted by Crippen LogP contribution is -2.53. The Hall–Kier alpha value is -3.30. The van der Waals surface area contributed by atoms with Crippen molar-refractivity contribution in [2.24, 2.45) is 11.7 Å². The molecule has 2 fully saturated rings. The lowest BCUT2D eigenvalue weighted by Gasteiger charge is -2.40. The van der Waals surface area contributed by atoms with Crippen molar-refractivity contribution in [1.82, 2.24) is 14.5 Å². The minimum atomic E-state index is -1.18. The maximum atomic E-state index is 16.3. The summed E-state index contributed by atoms with van der Waals surface area (Å²) < 4.78 is 18.5. The molecular weight excluding hydrogens is 600 g/mol. The minimum Gasteiger partial charge on any atom is -0.330 e. The number of carbonyl (C=O) groups is 2. The summed E-state index contributed by atoms with van der Waals surface area (Å²) in [5.74, 6) is -0.303. The van der Waals surface area contributed by atoms with Gasteiger partial charge in [0.25, 0.3) is 0 Å². The second kappa shape index (κ2) is 10.4. The van der Waals surface area contributed by atoms with Crippen LogP contribution in [0.5, 0.6) is 0 Å². The highest BCUT2D eigenvalue weighted by Crippen LogP contribution is 2.64. The van der Waals surface area contributed by atoms with Crippen LogP contribution in [0.1, 0.15) is 71.2 Å². The number of aryl methyl sites for hydroxylation is 1. The lowest BCUT2D eigenvalue weighted by atomic mass is 9.70. The molecule has 226 valence electrons. The number of carbonyl (C=O) groups excluding carboxylic acids is 2. The van der Waals surface area contributed by atoms with Crippen LogP contribution in [-0.4, -0.2) is 45.3 Å². The van der Waals surface area contributed by atoms with Crippen molar-refractivity contribution in [2.45, 2.75) is 62.1 Å². The Morgan fingerprint density at radius 1 is 1.11 bits per heavy atom. The molecule has 3 N–H and O–H groups in total. The van der Waals surface area contributed by atoms with Gasteiger partial charge in [-0.05, 0) is 80.1 Å². The number of hydrogen-bond acceptors (Lipinski definition) is 5. The third kappa shape index (κ3) is 4.04. The predicted octanol–water partition coefficient (Wildman–Crippen LogP) is 6.62. The van der Waals surface area contributed by atoms with E-state index in [0.717, 1.165) is 48.2 Å². The summed E-state index contributed by atoms with van der Waals surface area (Å²) in [5, 5.41) is 3.68. The van der Waals surface area contributed by atoms with E-state index in [4.69, 9.17) is 33.9 Å². The molecule has 3 aliphatic heterocycles. The minimum absolute atomic E-state index is 0.0227. The molecule has 1 aliphatic carbocycles. The highest BCUT2D eigenvalue weighted by Gasteiger charge is 2.69. The summed E-state index contributed by atoms with van der Waals surface area (Å²) in [4.78, 5) is 35.0. The molecule has 8 rings (SSSR count). The molecule has 0 bridgehead atoms. The van der Waals surface area contributed by atoms with Gasteiger partial charge in [-0.2, -0.15) is 0 Å². The van der Waals surface area contributed by atoms with Gasteiger partial charge in [0.1, 0.15) is 17.2 Å². The second-order valence-electron chi connectivity index (χ2n) is 12.6. The normalized spacial score (nSPS) is 25.7. The van der Waals surface area contributed by atoms with Crippen LogP contribution in [0, 0.1) is 11.7 Å². The van der Waals surface area contributed by atoms with Crippen molar-refractivity contribution < 1.29 is 14.0 Å². The Labute approximate surface area is 264 Å². The molecular formula is C34H32Cl2FN5O2. The van der Waals surface area contributed by atoms with Gasteiger partial charge >= 0.3 is 0 Å². The van der Waals surface area contributed by atoms with Crippen molar-refractivity contribution in [1.29, 1.82) is 0 Å². The summed E-state index contributed by atoms with van der Waals surface area (Å²) >= 11 is 12.8. The summed E-state index contributed by atoms with van der Waals surface area (Å²) in [6.45, 7) is 1.89. The molecule has 44 heavy (non-hydrogen) atoms. The number of rotatable bonds is 7. The molecule has 1 spiro atoms. The Kier molecular flexibility index (Phi) is 6.65. The zero-order valence-electron chi connectivity index (χ0n) is 24.0. The summed E-state index contributed by atoms with van der Waals surface area (Å²) in [7, 11) is 0. The average Bonchev–Trinajstić information content (AvgIpc) is 3.60. The number of aromatic nitrogens is 2. The van der Waals surface area contributed by atoms with Crippen LogP contribution in [0.4, 0.5) is 10.1 Å². The molecule has 7 nitrogen and oxygen atoms in total. The van der Waals surface area contributed by atoms with E-state index >= 15 is 4.39 Å². The highest BCUT2D eigenvalue weighted by atomic mass is 35.5. The molecule has 1 aromatic heterocycles. The van der Waals surface area contributed by atoms with Crippen molar-refractivity contribution in [3.8, 4) is 0 Å². The van der Waals surface area contributed by atoms with Crippen LogP contribution in [0.3, 0.4) is 0 Å². The Morgan fingerprint density at radius 3 is 2.75 bits per heavy atom. The van der Waals surface area contributed by atoms with Crippen LogP contribution in [-0.2, 0) is 16.9 Å². The number of nitrogens with zero attached hydrogens (tertiary/aromatic N) is 3. The predicted molar refractivity (Wildman–Crippen MR) is 169 cm³/mol. The first-order chi connectivity index (χ1) is 21.3. The number of ketones is 1. The number of likely N-dealkylation sites (tertiary alicyclic amines) is 1. The first-order valence-electron chi connectivity index (χ1n) is 15.4. The number of nitrogens with one attached hydrogen (secondary N) is 1. The van der Waals surface area contributed by atoms with Gasteiger partial charge in [0.2, 0.25) is 5.91 Å². The highest BCUT2D eigenvalue weighted by molar-refractivity contribution is 6.31. The molecule has 1 amide bonds. The molecule has 0 unspecified atom stereocenters. The third-order valence-electron chi connectivity index (χ3n) is 10.2. The maximum Gasteiger partial charge on any atom is 0.250 e. The van der Waals surface area contributed by atoms with Crippen LogP contribution >= 0.6 is 23.2 Å². The van der Waals surface area contributed by atoms with Crippen molar-refractivity contribution in [3.63, 3.8) is 0 Å². The van der Waals surface area contributed by atoms with E-state index in [1.54, 1.807) is 24.3 Å². The quantitative estimate of drug-likeness (QED) is 0.224. The number of hydrogen-bond donors (Lipinski definition) is 2.